The minimum Gasteiger partial charge on any atom is -0.354 e. The third-order valence-electron chi connectivity index (χ3n) is 3.82. The molecule has 2 heteroatoms. The van der Waals surface area contributed by atoms with Crippen molar-refractivity contribution in [1.29, 1.82) is 0 Å². The first-order valence-electron chi connectivity index (χ1n) is 7.07. The first-order valence-corrected chi connectivity index (χ1v) is 7.07. The molecular weight excluding hydrogens is 244 g/mol. The fourth-order valence-corrected chi connectivity index (χ4v) is 2.69. The number of hydrogen-bond acceptors (Lipinski definition) is 2. The summed E-state index contributed by atoms with van der Waals surface area (Å²) in [4.78, 5) is 2.31. The number of nitrogens with one attached hydrogen (secondary N) is 1. The molecule has 0 amide bonds. The summed E-state index contributed by atoms with van der Waals surface area (Å²) in [6.07, 6.45) is 1.09. The van der Waals surface area contributed by atoms with Gasteiger partial charge >= 0.3 is 0 Å². The lowest BCUT2D eigenvalue weighted by Crippen LogP contribution is -2.32. The molecule has 0 aromatic heterocycles. The van der Waals surface area contributed by atoms with Crippen LogP contribution in [0.3, 0.4) is 0 Å². The van der Waals surface area contributed by atoms with Crippen LogP contribution in [0.4, 0.5) is 5.69 Å². The largest absolute Gasteiger partial charge is 0.354 e. The SMILES string of the molecule is C=C(Nc1cccc(C)c1)N1CCc2ccccc2C1. The van der Waals surface area contributed by atoms with E-state index >= 15 is 0 Å². The monoisotopic (exact) mass is 264 g/mol. The molecule has 2 aromatic rings. The number of anilines is 1. The molecule has 3 rings (SSSR count). The van der Waals surface area contributed by atoms with E-state index < -0.39 is 0 Å². The van der Waals surface area contributed by atoms with E-state index in [0.717, 1.165) is 31.0 Å². The van der Waals surface area contributed by atoms with Crippen LogP contribution in [0, 0.1) is 6.92 Å². The van der Waals surface area contributed by atoms with E-state index in [1.54, 1.807) is 0 Å². The van der Waals surface area contributed by atoms with E-state index in [9.17, 15) is 0 Å². The first kappa shape index (κ1) is 12.8. The van der Waals surface area contributed by atoms with Crippen molar-refractivity contribution in [3.63, 3.8) is 0 Å². The predicted octanol–water partition coefficient (Wildman–Crippen LogP) is 3.94. The Hall–Kier alpha value is -2.22. The molecule has 1 aliphatic rings. The van der Waals surface area contributed by atoms with Crippen LogP contribution >= 0.6 is 0 Å². The van der Waals surface area contributed by atoms with Gasteiger partial charge in [0.1, 0.15) is 0 Å². The maximum Gasteiger partial charge on any atom is 0.0986 e. The smallest absolute Gasteiger partial charge is 0.0986 e. The van der Waals surface area contributed by atoms with Crippen molar-refractivity contribution >= 4 is 5.69 Å². The second-order valence-corrected chi connectivity index (χ2v) is 5.38. The van der Waals surface area contributed by atoms with Crippen molar-refractivity contribution in [2.24, 2.45) is 0 Å². The minimum atomic E-state index is 0.938. The van der Waals surface area contributed by atoms with Crippen molar-refractivity contribution in [2.45, 2.75) is 19.9 Å². The molecule has 1 heterocycles. The number of fused-ring (bicyclic) bond motifs is 1. The van der Waals surface area contributed by atoms with Gasteiger partial charge in [-0.25, -0.2) is 0 Å². The van der Waals surface area contributed by atoms with Gasteiger partial charge in [0, 0.05) is 18.8 Å². The van der Waals surface area contributed by atoms with Gasteiger partial charge in [-0.3, -0.25) is 0 Å². The Kier molecular flexibility index (Phi) is 3.46. The lowest BCUT2D eigenvalue weighted by molar-refractivity contribution is 0.327. The van der Waals surface area contributed by atoms with Gasteiger partial charge < -0.3 is 10.2 Å². The van der Waals surface area contributed by atoms with Crippen LogP contribution in [-0.2, 0) is 13.0 Å². The summed E-state index contributed by atoms with van der Waals surface area (Å²) in [5.74, 6) is 0.977. The van der Waals surface area contributed by atoms with Crippen LogP contribution in [-0.4, -0.2) is 11.4 Å². The number of rotatable bonds is 3. The Morgan fingerprint density at radius 3 is 2.70 bits per heavy atom. The summed E-state index contributed by atoms with van der Waals surface area (Å²) in [5.41, 5.74) is 5.23. The topological polar surface area (TPSA) is 15.3 Å². The van der Waals surface area contributed by atoms with Gasteiger partial charge in [-0.1, -0.05) is 43.0 Å². The molecule has 0 radical (unpaired) electrons. The van der Waals surface area contributed by atoms with Crippen LogP contribution in [0.15, 0.2) is 60.9 Å². The molecule has 0 bridgehead atoms. The zero-order chi connectivity index (χ0) is 13.9. The van der Waals surface area contributed by atoms with Gasteiger partial charge in [-0.15, -0.1) is 0 Å². The van der Waals surface area contributed by atoms with Crippen LogP contribution in [0.25, 0.3) is 0 Å². The molecule has 0 saturated carbocycles. The van der Waals surface area contributed by atoms with E-state index in [0.29, 0.717) is 0 Å². The van der Waals surface area contributed by atoms with Gasteiger partial charge in [0.15, 0.2) is 0 Å². The van der Waals surface area contributed by atoms with Crippen LogP contribution in [0.5, 0.6) is 0 Å². The zero-order valence-corrected chi connectivity index (χ0v) is 11.9. The average molecular weight is 264 g/mol. The third kappa shape index (κ3) is 2.69. The predicted molar refractivity (Wildman–Crippen MR) is 84.5 cm³/mol. The summed E-state index contributed by atoms with van der Waals surface area (Å²) < 4.78 is 0. The molecule has 1 N–H and O–H groups in total. The van der Waals surface area contributed by atoms with Crippen LogP contribution in [0.1, 0.15) is 16.7 Å². The molecule has 0 fully saturated rings. The summed E-state index contributed by atoms with van der Waals surface area (Å²) in [6.45, 7) is 8.25. The maximum atomic E-state index is 4.19. The van der Waals surface area contributed by atoms with Gasteiger partial charge in [-0.2, -0.15) is 0 Å². The molecule has 0 saturated heterocycles. The highest BCUT2D eigenvalue weighted by atomic mass is 15.2. The Balaban J connectivity index is 1.70. The van der Waals surface area contributed by atoms with Gasteiger partial charge in [0.2, 0.25) is 0 Å². The van der Waals surface area contributed by atoms with Crippen molar-refractivity contribution < 1.29 is 0 Å². The zero-order valence-electron chi connectivity index (χ0n) is 11.9. The van der Waals surface area contributed by atoms with Gasteiger partial charge in [0.25, 0.3) is 0 Å². The quantitative estimate of drug-likeness (QED) is 0.903. The molecule has 2 nitrogen and oxygen atoms in total. The minimum absolute atomic E-state index is 0.938. The standard InChI is InChI=1S/C18H20N2/c1-14-6-5-9-18(12-14)19-15(2)20-11-10-16-7-3-4-8-17(16)13-20/h3-9,12,19H,2,10-11,13H2,1H3. The molecule has 2 aromatic carbocycles. The summed E-state index contributed by atoms with van der Waals surface area (Å²) >= 11 is 0. The summed E-state index contributed by atoms with van der Waals surface area (Å²) in [6, 6.07) is 17.1. The normalized spacial score (nSPS) is 13.8. The lowest BCUT2D eigenvalue weighted by Gasteiger charge is -2.32. The number of benzene rings is 2. The van der Waals surface area contributed by atoms with Gasteiger partial charge in [-0.05, 0) is 42.2 Å². The molecule has 1 aliphatic heterocycles. The maximum absolute atomic E-state index is 4.19. The highest BCUT2D eigenvalue weighted by Crippen LogP contribution is 2.22. The van der Waals surface area contributed by atoms with Crippen molar-refractivity contribution in [1.82, 2.24) is 4.90 Å². The molecule has 0 spiro atoms. The Morgan fingerprint density at radius 1 is 1.10 bits per heavy atom. The molecule has 0 unspecified atom stereocenters. The molecule has 102 valence electrons. The molecular formula is C18H20N2. The molecule has 20 heavy (non-hydrogen) atoms. The highest BCUT2D eigenvalue weighted by Gasteiger charge is 2.16. The fourth-order valence-electron chi connectivity index (χ4n) is 2.69. The van der Waals surface area contributed by atoms with Crippen molar-refractivity contribution in [3.05, 3.63) is 77.6 Å². The van der Waals surface area contributed by atoms with E-state index in [2.05, 4.69) is 72.3 Å². The van der Waals surface area contributed by atoms with E-state index in [4.69, 9.17) is 0 Å². The number of nitrogens with zero attached hydrogens (tertiary/aromatic N) is 1. The Bertz CT molecular complexity index is 631. The van der Waals surface area contributed by atoms with E-state index in [1.807, 2.05) is 0 Å². The molecule has 0 aliphatic carbocycles. The number of aryl methyl sites for hydroxylation is 1. The first-order chi connectivity index (χ1) is 9.72. The van der Waals surface area contributed by atoms with Crippen LogP contribution < -0.4 is 5.32 Å². The van der Waals surface area contributed by atoms with E-state index in [1.165, 1.54) is 16.7 Å². The number of hydrogen-bond donors (Lipinski definition) is 1. The Morgan fingerprint density at radius 2 is 1.90 bits per heavy atom. The average Bonchev–Trinajstić information content (AvgIpc) is 2.47. The van der Waals surface area contributed by atoms with Crippen molar-refractivity contribution in [2.75, 3.05) is 11.9 Å². The lowest BCUT2D eigenvalue weighted by atomic mass is 10.00. The second-order valence-electron chi connectivity index (χ2n) is 5.38. The fraction of sp³-hybridized carbons (Fsp3) is 0.222. The summed E-state index contributed by atoms with van der Waals surface area (Å²) in [5, 5.41) is 3.41. The second kappa shape index (κ2) is 5.41. The van der Waals surface area contributed by atoms with Gasteiger partial charge in [0.05, 0.1) is 5.82 Å². The van der Waals surface area contributed by atoms with Crippen LogP contribution in [0.2, 0.25) is 0 Å². The van der Waals surface area contributed by atoms with Crippen molar-refractivity contribution in [3.8, 4) is 0 Å². The third-order valence-corrected chi connectivity index (χ3v) is 3.82. The Labute approximate surface area is 120 Å². The molecule has 0 atom stereocenters. The van der Waals surface area contributed by atoms with E-state index in [-0.39, 0.29) is 0 Å². The highest BCUT2D eigenvalue weighted by molar-refractivity contribution is 5.49. The summed E-state index contributed by atoms with van der Waals surface area (Å²) in [7, 11) is 0.